The van der Waals surface area contributed by atoms with Crippen LogP contribution in [0, 0.1) is 5.92 Å². The summed E-state index contributed by atoms with van der Waals surface area (Å²) >= 11 is 9.37. The van der Waals surface area contributed by atoms with Gasteiger partial charge in [0.2, 0.25) is 0 Å². The number of benzene rings is 1. The molecule has 0 aliphatic rings. The second-order valence-electron chi connectivity index (χ2n) is 4.38. The fraction of sp³-hybridized carbons (Fsp3) is 0.333. The van der Waals surface area contributed by atoms with Gasteiger partial charge in [0.25, 0.3) is 0 Å². The topological polar surface area (TPSA) is 80.9 Å². The van der Waals surface area contributed by atoms with Gasteiger partial charge in [0.05, 0.1) is 10.9 Å². The van der Waals surface area contributed by atoms with Gasteiger partial charge in [-0.1, -0.05) is 18.5 Å². The number of carboxylic acids is 1. The number of aromatic nitrogens is 4. The van der Waals surface area contributed by atoms with Crippen molar-refractivity contribution in [2.75, 3.05) is 0 Å². The lowest BCUT2D eigenvalue weighted by molar-refractivity contribution is -0.141. The van der Waals surface area contributed by atoms with Crippen LogP contribution in [0.3, 0.4) is 0 Å². The van der Waals surface area contributed by atoms with E-state index in [0.29, 0.717) is 23.8 Å². The zero-order chi connectivity index (χ0) is 14.7. The van der Waals surface area contributed by atoms with Gasteiger partial charge in [0, 0.05) is 16.6 Å². The Morgan fingerprint density at radius 2 is 2.30 bits per heavy atom. The van der Waals surface area contributed by atoms with E-state index in [4.69, 9.17) is 16.7 Å². The van der Waals surface area contributed by atoms with Crippen LogP contribution in [0.25, 0.3) is 11.4 Å². The third-order valence-electron chi connectivity index (χ3n) is 2.91. The summed E-state index contributed by atoms with van der Waals surface area (Å²) in [5, 5.41) is 20.9. The van der Waals surface area contributed by atoms with Crippen molar-refractivity contribution in [3.63, 3.8) is 0 Å². The summed E-state index contributed by atoms with van der Waals surface area (Å²) in [5.41, 5.74) is 0.783. The second-order valence-corrected chi connectivity index (χ2v) is 5.64. The van der Waals surface area contributed by atoms with Crippen molar-refractivity contribution in [2.24, 2.45) is 5.92 Å². The SMILES string of the molecule is CC(CCn1nnnc1-c1ccc(Br)c(Cl)c1)C(=O)O. The summed E-state index contributed by atoms with van der Waals surface area (Å²) < 4.78 is 2.38. The molecule has 2 aromatic rings. The first kappa shape index (κ1) is 14.9. The normalized spacial score (nSPS) is 12.3. The first-order valence-corrected chi connectivity index (χ1v) is 7.10. The van der Waals surface area contributed by atoms with Crippen molar-refractivity contribution >= 4 is 33.5 Å². The van der Waals surface area contributed by atoms with Crippen molar-refractivity contribution in [3.05, 3.63) is 27.7 Å². The predicted octanol–water partition coefficient (Wildman–Crippen LogP) is 2.87. The van der Waals surface area contributed by atoms with Crippen LogP contribution in [-0.4, -0.2) is 31.3 Å². The molecule has 106 valence electrons. The summed E-state index contributed by atoms with van der Waals surface area (Å²) in [4.78, 5) is 10.8. The van der Waals surface area contributed by atoms with Crippen molar-refractivity contribution < 1.29 is 9.90 Å². The molecule has 2 rings (SSSR count). The maximum Gasteiger partial charge on any atom is 0.306 e. The predicted molar refractivity (Wildman–Crippen MR) is 77.4 cm³/mol. The molecule has 1 heterocycles. The standard InChI is InChI=1S/C12H12BrClN4O2/c1-7(12(19)20)4-5-18-11(15-16-17-18)8-2-3-9(13)10(14)6-8/h2-3,6-7H,4-5H2,1H3,(H,19,20). The summed E-state index contributed by atoms with van der Waals surface area (Å²) in [6.07, 6.45) is 0.456. The lowest BCUT2D eigenvalue weighted by atomic mass is 10.1. The first-order chi connectivity index (χ1) is 9.49. The Bertz CT molecular complexity index is 632. The lowest BCUT2D eigenvalue weighted by Crippen LogP contribution is -2.14. The molecule has 0 saturated heterocycles. The Hall–Kier alpha value is -1.47. The Kier molecular flexibility index (Phi) is 4.72. The van der Waals surface area contributed by atoms with Crippen molar-refractivity contribution in [1.29, 1.82) is 0 Å². The summed E-state index contributed by atoms with van der Waals surface area (Å²) in [7, 11) is 0. The molecule has 1 aromatic heterocycles. The average Bonchev–Trinajstić information content (AvgIpc) is 2.87. The largest absolute Gasteiger partial charge is 0.481 e. The molecule has 1 aromatic carbocycles. The van der Waals surface area contributed by atoms with Crippen LogP contribution in [0.5, 0.6) is 0 Å². The highest BCUT2D eigenvalue weighted by atomic mass is 79.9. The van der Waals surface area contributed by atoms with Gasteiger partial charge in [-0.3, -0.25) is 4.79 Å². The molecule has 1 N–H and O–H groups in total. The van der Waals surface area contributed by atoms with Crippen molar-refractivity contribution in [3.8, 4) is 11.4 Å². The third kappa shape index (κ3) is 3.34. The molecule has 0 spiro atoms. The number of hydrogen-bond acceptors (Lipinski definition) is 4. The molecule has 0 bridgehead atoms. The van der Waals surface area contributed by atoms with Crippen molar-refractivity contribution in [1.82, 2.24) is 20.2 Å². The Balaban J connectivity index is 2.19. The Labute approximate surface area is 128 Å². The Morgan fingerprint density at radius 3 is 2.95 bits per heavy atom. The van der Waals surface area contributed by atoms with E-state index in [9.17, 15) is 4.79 Å². The van der Waals surface area contributed by atoms with Gasteiger partial charge in [0.1, 0.15) is 0 Å². The molecular formula is C12H12BrClN4O2. The smallest absolute Gasteiger partial charge is 0.306 e. The highest BCUT2D eigenvalue weighted by Crippen LogP contribution is 2.27. The molecule has 1 unspecified atom stereocenters. The van der Waals surface area contributed by atoms with E-state index in [1.54, 1.807) is 17.7 Å². The van der Waals surface area contributed by atoms with Gasteiger partial charge in [0.15, 0.2) is 5.82 Å². The van der Waals surface area contributed by atoms with E-state index >= 15 is 0 Å². The van der Waals surface area contributed by atoms with E-state index in [1.165, 1.54) is 0 Å². The molecule has 0 saturated carbocycles. The number of nitrogens with zero attached hydrogens (tertiary/aromatic N) is 4. The van der Waals surface area contributed by atoms with Gasteiger partial charge in [-0.2, -0.15) is 0 Å². The molecule has 0 amide bonds. The van der Waals surface area contributed by atoms with E-state index in [1.807, 2.05) is 12.1 Å². The number of aryl methyl sites for hydroxylation is 1. The van der Waals surface area contributed by atoms with E-state index in [0.717, 1.165) is 10.0 Å². The molecule has 0 aliphatic carbocycles. The quantitative estimate of drug-likeness (QED) is 0.888. The zero-order valence-electron chi connectivity index (χ0n) is 10.6. The van der Waals surface area contributed by atoms with Gasteiger partial charge in [-0.25, -0.2) is 4.68 Å². The third-order valence-corrected chi connectivity index (χ3v) is 4.14. The maximum absolute atomic E-state index is 10.8. The molecule has 6 nitrogen and oxygen atoms in total. The number of rotatable bonds is 5. The monoisotopic (exact) mass is 358 g/mol. The van der Waals surface area contributed by atoms with Crippen LogP contribution >= 0.6 is 27.5 Å². The summed E-state index contributed by atoms with van der Waals surface area (Å²) in [6.45, 7) is 2.09. The molecule has 0 fully saturated rings. The van der Waals surface area contributed by atoms with E-state index < -0.39 is 11.9 Å². The number of aliphatic carboxylic acids is 1. The highest BCUT2D eigenvalue weighted by Gasteiger charge is 2.14. The second kappa shape index (κ2) is 6.32. The van der Waals surface area contributed by atoms with Crippen LogP contribution in [-0.2, 0) is 11.3 Å². The summed E-state index contributed by atoms with van der Waals surface area (Å²) in [6, 6.07) is 5.42. The number of halogens is 2. The number of tetrazole rings is 1. The summed E-state index contributed by atoms with van der Waals surface area (Å²) in [5.74, 6) is -0.705. The average molecular weight is 360 g/mol. The zero-order valence-corrected chi connectivity index (χ0v) is 13.0. The van der Waals surface area contributed by atoms with Crippen LogP contribution in [0.4, 0.5) is 0 Å². The molecular weight excluding hydrogens is 348 g/mol. The molecule has 20 heavy (non-hydrogen) atoms. The molecule has 8 heteroatoms. The van der Waals surface area contributed by atoms with Crippen LogP contribution in [0.1, 0.15) is 13.3 Å². The maximum atomic E-state index is 10.8. The van der Waals surface area contributed by atoms with Gasteiger partial charge in [-0.15, -0.1) is 5.10 Å². The van der Waals surface area contributed by atoms with Crippen LogP contribution in [0.2, 0.25) is 5.02 Å². The Morgan fingerprint density at radius 1 is 1.55 bits per heavy atom. The lowest BCUT2D eigenvalue weighted by Gasteiger charge is -2.08. The van der Waals surface area contributed by atoms with Crippen molar-refractivity contribution in [2.45, 2.75) is 19.9 Å². The van der Waals surface area contributed by atoms with Gasteiger partial charge >= 0.3 is 5.97 Å². The molecule has 0 radical (unpaired) electrons. The van der Waals surface area contributed by atoms with Crippen LogP contribution < -0.4 is 0 Å². The highest BCUT2D eigenvalue weighted by molar-refractivity contribution is 9.10. The minimum atomic E-state index is -0.827. The first-order valence-electron chi connectivity index (χ1n) is 5.93. The number of hydrogen-bond donors (Lipinski definition) is 1. The van der Waals surface area contributed by atoms with Gasteiger partial charge in [-0.05, 0) is 51.0 Å². The molecule has 1 atom stereocenters. The fourth-order valence-corrected chi connectivity index (χ4v) is 2.06. The fourth-order valence-electron chi connectivity index (χ4n) is 1.64. The minimum absolute atomic E-state index is 0.434. The van der Waals surface area contributed by atoms with E-state index in [2.05, 4.69) is 31.5 Å². The van der Waals surface area contributed by atoms with Crippen LogP contribution in [0.15, 0.2) is 22.7 Å². The molecule has 0 aliphatic heterocycles. The van der Waals surface area contributed by atoms with E-state index in [-0.39, 0.29) is 0 Å². The van der Waals surface area contributed by atoms with Gasteiger partial charge < -0.3 is 5.11 Å². The number of carbonyl (C=O) groups is 1. The minimum Gasteiger partial charge on any atom is -0.481 e. The number of carboxylic acid groups (broad SMARTS) is 1.